The van der Waals surface area contributed by atoms with Gasteiger partial charge in [0.25, 0.3) is 0 Å². The zero-order valence-electron chi connectivity index (χ0n) is 13.0. The number of carbonyl (C=O) groups is 2. The second-order valence-corrected chi connectivity index (χ2v) is 8.91. The Balaban J connectivity index is 1.76. The molecule has 4 bridgehead atoms. The summed E-state index contributed by atoms with van der Waals surface area (Å²) in [5, 5.41) is -4.95. The molecule has 0 aromatic carbocycles. The van der Waals surface area contributed by atoms with E-state index in [1.165, 1.54) is 0 Å². The molecule has 0 aromatic heterocycles. The highest BCUT2D eigenvalue weighted by atomic mass is 32.2. The normalized spacial score (nSPS) is 38.1. The Morgan fingerprint density at radius 3 is 2.33 bits per heavy atom. The first-order chi connectivity index (χ1) is 11.1. The van der Waals surface area contributed by atoms with E-state index in [1.807, 2.05) is 0 Å². The third-order valence-corrected chi connectivity index (χ3v) is 6.72. The van der Waals surface area contributed by atoms with Gasteiger partial charge in [-0.05, 0) is 62.2 Å². The molecule has 2 atom stereocenters. The van der Waals surface area contributed by atoms with Crippen molar-refractivity contribution in [2.24, 2.45) is 23.7 Å². The fourth-order valence-corrected chi connectivity index (χ4v) is 5.53. The summed E-state index contributed by atoms with van der Waals surface area (Å²) in [7, 11) is -5.85. The Bertz CT molecular complexity index is 630. The van der Waals surface area contributed by atoms with Gasteiger partial charge in [0.1, 0.15) is 11.9 Å². The van der Waals surface area contributed by atoms with Gasteiger partial charge in [-0.25, -0.2) is 4.79 Å². The lowest BCUT2D eigenvalue weighted by atomic mass is 9.49. The fraction of sp³-hybridized carbons (Fsp3) is 0.867. The van der Waals surface area contributed by atoms with Gasteiger partial charge in [-0.2, -0.15) is 17.2 Å². The van der Waals surface area contributed by atoms with E-state index in [2.05, 4.69) is 0 Å². The van der Waals surface area contributed by atoms with Crippen molar-refractivity contribution in [1.82, 2.24) is 0 Å². The van der Waals surface area contributed by atoms with E-state index in [4.69, 9.17) is 9.29 Å². The van der Waals surface area contributed by atoms with E-state index >= 15 is 0 Å². The minimum atomic E-state index is -5.85. The number of aldehydes is 1. The lowest BCUT2D eigenvalue weighted by Crippen LogP contribution is -2.58. The summed E-state index contributed by atoms with van der Waals surface area (Å²) >= 11 is 0. The first kappa shape index (κ1) is 17.7. The molecule has 0 amide bonds. The van der Waals surface area contributed by atoms with E-state index < -0.39 is 26.9 Å². The van der Waals surface area contributed by atoms with Crippen LogP contribution in [0, 0.1) is 23.7 Å². The summed E-state index contributed by atoms with van der Waals surface area (Å²) in [5.41, 5.74) is -1.07. The number of carbonyl (C=O) groups excluding carboxylic acids is 2. The lowest BCUT2D eigenvalue weighted by Gasteiger charge is -2.59. The quantitative estimate of drug-likeness (QED) is 0.440. The maximum absolute atomic E-state index is 13.5. The maximum atomic E-state index is 13.5. The Morgan fingerprint density at radius 1 is 1.25 bits per heavy atom. The third kappa shape index (κ3) is 2.85. The van der Waals surface area contributed by atoms with Crippen LogP contribution in [0.25, 0.3) is 0 Å². The summed E-state index contributed by atoms with van der Waals surface area (Å²) in [6.07, 6.45) is 5.20. The molecular formula is C15H20F2O6S. The van der Waals surface area contributed by atoms with Gasteiger partial charge in [0.2, 0.25) is 0 Å². The second kappa shape index (κ2) is 5.72. The molecule has 136 valence electrons. The van der Waals surface area contributed by atoms with Crippen LogP contribution in [0.4, 0.5) is 8.78 Å². The lowest BCUT2D eigenvalue weighted by molar-refractivity contribution is -0.209. The molecule has 9 heteroatoms. The fourth-order valence-electron chi connectivity index (χ4n) is 5.27. The Kier molecular flexibility index (Phi) is 4.23. The van der Waals surface area contributed by atoms with Gasteiger partial charge in [0.15, 0.2) is 0 Å². The standard InChI is InChI=1S/C15H20F2O6S/c16-15(17,24(20,21)22)13(19)23-14-6-9-4-10(7-14)12(2-1-3-18)11(5-9)8-14/h3,9-12H,1-2,4-8H2,(H,20,21,22). The Labute approximate surface area is 138 Å². The first-order valence-corrected chi connectivity index (χ1v) is 9.54. The number of alkyl halides is 2. The predicted molar refractivity (Wildman–Crippen MR) is 77.7 cm³/mol. The number of ether oxygens (including phenoxy) is 1. The van der Waals surface area contributed by atoms with Gasteiger partial charge in [0.05, 0.1) is 0 Å². The van der Waals surface area contributed by atoms with Gasteiger partial charge in [-0.15, -0.1) is 0 Å². The molecule has 24 heavy (non-hydrogen) atoms. The zero-order chi connectivity index (χ0) is 17.8. The van der Waals surface area contributed by atoms with E-state index in [0.29, 0.717) is 31.6 Å². The van der Waals surface area contributed by atoms with Crippen LogP contribution in [-0.4, -0.2) is 36.1 Å². The van der Waals surface area contributed by atoms with Crippen LogP contribution >= 0.6 is 0 Å². The number of halogens is 2. The first-order valence-electron chi connectivity index (χ1n) is 8.10. The molecule has 0 aliphatic heterocycles. The van der Waals surface area contributed by atoms with Crippen molar-refractivity contribution in [3.05, 3.63) is 0 Å². The van der Waals surface area contributed by atoms with Crippen LogP contribution in [0.3, 0.4) is 0 Å². The summed E-state index contributed by atoms with van der Waals surface area (Å²) in [4.78, 5) is 22.3. The molecule has 4 rings (SSSR count). The minimum absolute atomic E-state index is 0.198. The number of hydrogen-bond acceptors (Lipinski definition) is 5. The molecule has 0 spiro atoms. The van der Waals surface area contributed by atoms with Crippen molar-refractivity contribution in [2.75, 3.05) is 0 Å². The van der Waals surface area contributed by atoms with Gasteiger partial charge < -0.3 is 9.53 Å². The van der Waals surface area contributed by atoms with Crippen molar-refractivity contribution < 1.29 is 36.1 Å². The van der Waals surface area contributed by atoms with E-state index in [1.54, 1.807) is 0 Å². The molecule has 0 radical (unpaired) electrons. The monoisotopic (exact) mass is 366 g/mol. The molecule has 2 unspecified atom stereocenters. The largest absolute Gasteiger partial charge is 0.465 e. The average molecular weight is 366 g/mol. The summed E-state index contributed by atoms with van der Waals surface area (Å²) in [6, 6.07) is 0. The molecule has 4 saturated carbocycles. The Hall–Kier alpha value is -1.09. The van der Waals surface area contributed by atoms with Crippen molar-refractivity contribution >= 4 is 22.4 Å². The highest BCUT2D eigenvalue weighted by molar-refractivity contribution is 7.87. The van der Waals surface area contributed by atoms with E-state index in [0.717, 1.165) is 25.5 Å². The molecular weight excluding hydrogens is 346 g/mol. The van der Waals surface area contributed by atoms with Crippen molar-refractivity contribution in [2.45, 2.75) is 55.8 Å². The van der Waals surface area contributed by atoms with Gasteiger partial charge in [-0.3, -0.25) is 4.55 Å². The van der Waals surface area contributed by atoms with Crippen LogP contribution in [0.2, 0.25) is 0 Å². The SMILES string of the molecule is O=CCCC1C2CC3CC1CC(OC(=O)C(F)(F)S(=O)(=O)O)(C3)C2. The molecule has 4 aliphatic carbocycles. The zero-order valence-corrected chi connectivity index (χ0v) is 13.8. The topological polar surface area (TPSA) is 97.7 Å². The van der Waals surface area contributed by atoms with E-state index in [9.17, 15) is 26.8 Å². The summed E-state index contributed by atoms with van der Waals surface area (Å²) in [5.74, 6) is -1.22. The van der Waals surface area contributed by atoms with Crippen LogP contribution in [-0.2, 0) is 24.4 Å². The van der Waals surface area contributed by atoms with Crippen molar-refractivity contribution in [3.63, 3.8) is 0 Å². The molecule has 4 aliphatic rings. The van der Waals surface area contributed by atoms with Gasteiger partial charge in [0, 0.05) is 6.42 Å². The highest BCUT2D eigenvalue weighted by Gasteiger charge is 2.61. The molecule has 0 heterocycles. The van der Waals surface area contributed by atoms with Crippen LogP contribution < -0.4 is 0 Å². The smallest absolute Gasteiger partial charge is 0.454 e. The predicted octanol–water partition coefficient (Wildman–Crippen LogP) is 2.18. The van der Waals surface area contributed by atoms with Crippen molar-refractivity contribution in [1.29, 1.82) is 0 Å². The van der Waals surface area contributed by atoms with Crippen molar-refractivity contribution in [3.8, 4) is 0 Å². The highest BCUT2D eigenvalue weighted by Crippen LogP contribution is 2.60. The maximum Gasteiger partial charge on any atom is 0.465 e. The molecule has 0 aromatic rings. The van der Waals surface area contributed by atoms with Crippen LogP contribution in [0.5, 0.6) is 0 Å². The second-order valence-electron chi connectivity index (χ2n) is 7.44. The van der Waals surface area contributed by atoms with Gasteiger partial charge >= 0.3 is 21.3 Å². The minimum Gasteiger partial charge on any atom is -0.454 e. The molecule has 1 N–H and O–H groups in total. The molecule has 6 nitrogen and oxygen atoms in total. The average Bonchev–Trinajstić information content (AvgIpc) is 2.44. The third-order valence-electron chi connectivity index (χ3n) is 5.90. The van der Waals surface area contributed by atoms with E-state index in [-0.39, 0.29) is 17.8 Å². The van der Waals surface area contributed by atoms with Gasteiger partial charge in [-0.1, -0.05) is 0 Å². The summed E-state index contributed by atoms with van der Waals surface area (Å²) in [6.45, 7) is 0. The molecule has 0 saturated heterocycles. The van der Waals surface area contributed by atoms with Crippen LogP contribution in [0.15, 0.2) is 0 Å². The van der Waals surface area contributed by atoms with Crippen LogP contribution in [0.1, 0.15) is 44.9 Å². The number of hydrogen-bond donors (Lipinski definition) is 1. The number of esters is 1. The number of rotatable bonds is 6. The Morgan fingerprint density at radius 2 is 1.83 bits per heavy atom. The summed E-state index contributed by atoms with van der Waals surface area (Å²) < 4.78 is 62.0. The molecule has 4 fully saturated rings.